The topological polar surface area (TPSA) is 89.2 Å². The number of halogens is 1. The molecule has 176 valence electrons. The second kappa shape index (κ2) is 8.79. The monoisotopic (exact) mass is 480 g/mol. The Morgan fingerprint density at radius 1 is 1.06 bits per heavy atom. The Balaban J connectivity index is 1.33. The fourth-order valence-electron chi connectivity index (χ4n) is 4.31. The van der Waals surface area contributed by atoms with E-state index in [4.69, 9.17) is 4.42 Å². The van der Waals surface area contributed by atoms with Crippen LogP contribution in [0.15, 0.2) is 58.2 Å². The van der Waals surface area contributed by atoms with Gasteiger partial charge in [-0.15, -0.1) is 0 Å². The molecule has 9 heteroatoms. The molecule has 7 nitrogen and oxygen atoms in total. The van der Waals surface area contributed by atoms with Crippen LogP contribution in [0.3, 0.4) is 0 Å². The number of pyridine rings is 1. The highest BCUT2D eigenvalue weighted by molar-refractivity contribution is 7.90. The zero-order valence-corrected chi connectivity index (χ0v) is 19.8. The molecule has 0 unspecified atom stereocenters. The van der Waals surface area contributed by atoms with Crippen molar-refractivity contribution < 1.29 is 17.2 Å². The summed E-state index contributed by atoms with van der Waals surface area (Å²) < 4.78 is 44.1. The predicted molar refractivity (Wildman–Crippen MR) is 128 cm³/mol. The highest BCUT2D eigenvalue weighted by atomic mass is 32.2. The molecule has 4 heterocycles. The molecule has 1 aromatic carbocycles. The van der Waals surface area contributed by atoms with E-state index in [-0.39, 0.29) is 16.4 Å². The van der Waals surface area contributed by atoms with Gasteiger partial charge in [-0.3, -0.25) is 4.98 Å². The Kier molecular flexibility index (Phi) is 5.81. The van der Waals surface area contributed by atoms with Gasteiger partial charge in [0.15, 0.2) is 15.4 Å². The first-order chi connectivity index (χ1) is 16.3. The Hall–Kier alpha value is -3.33. The largest absolute Gasteiger partial charge is 0.459 e. The Labute approximate surface area is 197 Å². The normalized spacial score (nSPS) is 15.2. The maximum atomic E-state index is 14.6. The Morgan fingerprint density at radius 2 is 1.79 bits per heavy atom. The van der Waals surface area contributed by atoms with Gasteiger partial charge in [0.05, 0.1) is 16.8 Å². The SMILES string of the molecule is CCc1cnc(N2CCC(c3cc4cc(-c5ccc(S(C)(=O)=O)cc5F)ncc4o3)CC2)nc1. The number of hydrogen-bond donors (Lipinski definition) is 0. The van der Waals surface area contributed by atoms with Gasteiger partial charge in [-0.2, -0.15) is 0 Å². The number of aryl methyl sites for hydroxylation is 1. The molecular formula is C25H25FN4O3S. The van der Waals surface area contributed by atoms with Crippen LogP contribution in [-0.2, 0) is 16.3 Å². The summed E-state index contributed by atoms with van der Waals surface area (Å²) in [5.74, 6) is 1.30. The average molecular weight is 481 g/mol. The lowest BCUT2D eigenvalue weighted by molar-refractivity contribution is 0.419. The van der Waals surface area contributed by atoms with Crippen molar-refractivity contribution in [3.63, 3.8) is 0 Å². The molecule has 5 rings (SSSR count). The van der Waals surface area contributed by atoms with E-state index in [9.17, 15) is 12.8 Å². The van der Waals surface area contributed by atoms with E-state index in [1.165, 1.54) is 12.1 Å². The smallest absolute Gasteiger partial charge is 0.225 e. The molecular weight excluding hydrogens is 455 g/mol. The minimum absolute atomic E-state index is 0.0570. The lowest BCUT2D eigenvalue weighted by atomic mass is 9.94. The van der Waals surface area contributed by atoms with Gasteiger partial charge in [0, 0.05) is 48.6 Å². The van der Waals surface area contributed by atoms with Crippen LogP contribution in [0.4, 0.5) is 10.3 Å². The van der Waals surface area contributed by atoms with Crippen molar-refractivity contribution in [3.05, 3.63) is 66.1 Å². The third-order valence-electron chi connectivity index (χ3n) is 6.35. The van der Waals surface area contributed by atoms with Crippen LogP contribution in [-0.4, -0.2) is 42.7 Å². The quantitative estimate of drug-likeness (QED) is 0.406. The van der Waals surface area contributed by atoms with E-state index >= 15 is 0 Å². The summed E-state index contributed by atoms with van der Waals surface area (Å²) in [5.41, 5.74) is 2.45. The summed E-state index contributed by atoms with van der Waals surface area (Å²) in [5, 5.41) is 0.840. The van der Waals surface area contributed by atoms with Gasteiger partial charge in [-0.1, -0.05) is 6.92 Å². The minimum Gasteiger partial charge on any atom is -0.459 e. The standard InChI is InChI=1S/C25H25FN4O3S/c1-3-16-13-28-25(29-14-16)30-8-6-17(7-9-30)23-11-18-10-22(27-15-24(18)33-23)20-5-4-19(12-21(20)26)34(2,31)32/h4-5,10-15,17H,3,6-9H2,1-2H3. The van der Waals surface area contributed by atoms with Gasteiger partial charge in [0.2, 0.25) is 5.95 Å². The molecule has 0 atom stereocenters. The van der Waals surface area contributed by atoms with Crippen LogP contribution in [0.2, 0.25) is 0 Å². The van der Waals surface area contributed by atoms with Crippen LogP contribution in [0.25, 0.3) is 22.2 Å². The van der Waals surface area contributed by atoms with Crippen molar-refractivity contribution in [2.24, 2.45) is 0 Å². The van der Waals surface area contributed by atoms with E-state index < -0.39 is 15.7 Å². The maximum Gasteiger partial charge on any atom is 0.225 e. The summed E-state index contributed by atoms with van der Waals surface area (Å²) in [4.78, 5) is 15.5. The molecule has 0 saturated carbocycles. The van der Waals surface area contributed by atoms with Crippen LogP contribution < -0.4 is 4.90 Å². The van der Waals surface area contributed by atoms with Gasteiger partial charge in [-0.05, 0) is 55.2 Å². The van der Waals surface area contributed by atoms with Crippen molar-refractivity contribution in [3.8, 4) is 11.3 Å². The number of piperidine rings is 1. The van der Waals surface area contributed by atoms with E-state index in [1.807, 2.05) is 18.5 Å². The summed E-state index contributed by atoms with van der Waals surface area (Å²) in [6.07, 6.45) is 9.17. The second-order valence-corrected chi connectivity index (χ2v) is 10.7. The first-order valence-corrected chi connectivity index (χ1v) is 13.2. The van der Waals surface area contributed by atoms with Crippen LogP contribution in [0.1, 0.15) is 37.0 Å². The molecule has 3 aromatic heterocycles. The van der Waals surface area contributed by atoms with Gasteiger partial charge in [0.25, 0.3) is 0 Å². The number of furan rings is 1. The van der Waals surface area contributed by atoms with Crippen molar-refractivity contribution in [2.75, 3.05) is 24.2 Å². The molecule has 0 radical (unpaired) electrons. The first kappa shape index (κ1) is 22.5. The molecule has 1 aliphatic rings. The summed E-state index contributed by atoms with van der Waals surface area (Å²) >= 11 is 0. The molecule has 1 fully saturated rings. The van der Waals surface area contributed by atoms with Crippen molar-refractivity contribution >= 4 is 26.8 Å². The van der Waals surface area contributed by atoms with Crippen molar-refractivity contribution in [1.29, 1.82) is 0 Å². The summed E-state index contributed by atoms with van der Waals surface area (Å²) in [6.45, 7) is 3.77. The maximum absolute atomic E-state index is 14.6. The average Bonchev–Trinajstić information content (AvgIpc) is 3.27. The fraction of sp³-hybridized carbons (Fsp3) is 0.320. The minimum atomic E-state index is -3.48. The lowest BCUT2D eigenvalue weighted by Gasteiger charge is -2.31. The van der Waals surface area contributed by atoms with E-state index in [0.717, 1.165) is 67.3 Å². The number of hydrogen-bond acceptors (Lipinski definition) is 7. The predicted octanol–water partition coefficient (Wildman–Crippen LogP) is 4.77. The summed E-state index contributed by atoms with van der Waals surface area (Å²) in [7, 11) is -3.48. The molecule has 0 spiro atoms. The molecule has 0 amide bonds. The van der Waals surface area contributed by atoms with Gasteiger partial charge in [-0.25, -0.2) is 22.8 Å². The highest BCUT2D eigenvalue weighted by Gasteiger charge is 2.25. The van der Waals surface area contributed by atoms with Crippen LogP contribution in [0.5, 0.6) is 0 Å². The first-order valence-electron chi connectivity index (χ1n) is 11.3. The Morgan fingerprint density at radius 3 is 2.44 bits per heavy atom. The third-order valence-corrected chi connectivity index (χ3v) is 7.46. The number of fused-ring (bicyclic) bond motifs is 1. The van der Waals surface area contributed by atoms with Crippen molar-refractivity contribution in [2.45, 2.75) is 37.0 Å². The van der Waals surface area contributed by atoms with Crippen LogP contribution >= 0.6 is 0 Å². The van der Waals surface area contributed by atoms with E-state index in [0.29, 0.717) is 11.3 Å². The zero-order valence-electron chi connectivity index (χ0n) is 19.0. The van der Waals surface area contributed by atoms with E-state index in [1.54, 1.807) is 12.3 Å². The third kappa shape index (κ3) is 4.40. The molecule has 1 aliphatic heterocycles. The number of benzene rings is 1. The summed E-state index contributed by atoms with van der Waals surface area (Å²) in [6, 6.07) is 7.65. The lowest BCUT2D eigenvalue weighted by Crippen LogP contribution is -2.34. The number of sulfone groups is 1. The fourth-order valence-corrected chi connectivity index (χ4v) is 4.94. The number of nitrogens with zero attached hydrogens (tertiary/aromatic N) is 4. The molecule has 34 heavy (non-hydrogen) atoms. The molecule has 0 bridgehead atoms. The van der Waals surface area contributed by atoms with E-state index in [2.05, 4.69) is 26.8 Å². The number of rotatable bonds is 5. The van der Waals surface area contributed by atoms with Crippen LogP contribution in [0, 0.1) is 5.82 Å². The molecule has 0 N–H and O–H groups in total. The van der Waals surface area contributed by atoms with Crippen molar-refractivity contribution in [1.82, 2.24) is 15.0 Å². The number of aromatic nitrogens is 3. The zero-order chi connectivity index (χ0) is 23.9. The second-order valence-electron chi connectivity index (χ2n) is 8.68. The molecule has 1 saturated heterocycles. The molecule has 4 aromatic rings. The number of anilines is 1. The van der Waals surface area contributed by atoms with Gasteiger partial charge >= 0.3 is 0 Å². The Bertz CT molecular complexity index is 1440. The highest BCUT2D eigenvalue weighted by Crippen LogP contribution is 2.34. The van der Waals surface area contributed by atoms with Gasteiger partial charge in [0.1, 0.15) is 11.6 Å². The molecule has 0 aliphatic carbocycles. The van der Waals surface area contributed by atoms with Gasteiger partial charge < -0.3 is 9.32 Å².